The summed E-state index contributed by atoms with van der Waals surface area (Å²) in [6, 6.07) is 15.6. The van der Waals surface area contributed by atoms with Crippen molar-refractivity contribution < 1.29 is 9.84 Å². The molecule has 0 fully saturated rings. The Morgan fingerprint density at radius 3 is 2.89 bits per heavy atom. The van der Waals surface area contributed by atoms with E-state index in [9.17, 15) is 5.11 Å². The Hall–Kier alpha value is -2.86. The normalized spacial score (nSPS) is 20.2. The van der Waals surface area contributed by atoms with Crippen molar-refractivity contribution in [2.24, 2.45) is 5.10 Å². The summed E-state index contributed by atoms with van der Waals surface area (Å²) in [5, 5.41) is 17.3. The van der Waals surface area contributed by atoms with Crippen molar-refractivity contribution in [3.05, 3.63) is 87.7 Å². The monoisotopic (exact) mass is 435 g/mol. The summed E-state index contributed by atoms with van der Waals surface area (Å²) in [5.41, 5.74) is 4.75. The Morgan fingerprint density at radius 1 is 1.18 bits per heavy atom. The second kappa shape index (κ2) is 6.63. The van der Waals surface area contributed by atoms with Gasteiger partial charge in [-0.3, -0.25) is 4.98 Å². The van der Waals surface area contributed by atoms with Crippen LogP contribution >= 0.6 is 15.9 Å². The van der Waals surface area contributed by atoms with Gasteiger partial charge < -0.3 is 9.84 Å². The molecule has 5 rings (SSSR count). The van der Waals surface area contributed by atoms with E-state index in [1.54, 1.807) is 12.3 Å². The molecule has 0 spiro atoms. The number of hydrazone groups is 1. The van der Waals surface area contributed by atoms with Crippen molar-refractivity contribution in [2.45, 2.75) is 25.6 Å². The molecule has 2 unspecified atom stereocenters. The van der Waals surface area contributed by atoms with Crippen LogP contribution in [-0.4, -0.2) is 20.8 Å². The van der Waals surface area contributed by atoms with E-state index < -0.39 is 0 Å². The third kappa shape index (κ3) is 2.85. The van der Waals surface area contributed by atoms with Crippen LogP contribution in [0.5, 0.6) is 11.5 Å². The lowest BCUT2D eigenvalue weighted by Gasteiger charge is -2.38. The Labute approximate surface area is 171 Å². The maximum absolute atomic E-state index is 10.4. The van der Waals surface area contributed by atoms with E-state index in [0.29, 0.717) is 6.42 Å². The zero-order chi connectivity index (χ0) is 19.3. The first-order valence-electron chi connectivity index (χ1n) is 9.12. The van der Waals surface area contributed by atoms with Gasteiger partial charge in [0, 0.05) is 40.0 Å². The molecule has 3 aromatic rings. The fraction of sp³-hybridized carbons (Fsp3) is 0.182. The summed E-state index contributed by atoms with van der Waals surface area (Å²) in [5.74, 6) is 1.10. The summed E-state index contributed by atoms with van der Waals surface area (Å²) < 4.78 is 7.32. The van der Waals surface area contributed by atoms with E-state index >= 15 is 0 Å². The first-order valence-corrected chi connectivity index (χ1v) is 9.91. The number of rotatable bonds is 2. The highest BCUT2D eigenvalue weighted by atomic mass is 79.9. The van der Waals surface area contributed by atoms with Crippen LogP contribution in [-0.2, 0) is 0 Å². The molecule has 0 radical (unpaired) electrons. The van der Waals surface area contributed by atoms with Gasteiger partial charge >= 0.3 is 0 Å². The van der Waals surface area contributed by atoms with Gasteiger partial charge in [-0.05, 0) is 43.3 Å². The Balaban J connectivity index is 1.63. The molecular formula is C22H18BrN3O2. The smallest absolute Gasteiger partial charge is 0.215 e. The lowest BCUT2D eigenvalue weighted by atomic mass is 9.95. The number of aryl methyl sites for hydroxylation is 1. The highest BCUT2D eigenvalue weighted by molar-refractivity contribution is 9.10. The molecule has 3 heterocycles. The fourth-order valence-electron chi connectivity index (χ4n) is 3.84. The van der Waals surface area contributed by atoms with E-state index in [1.165, 1.54) is 0 Å². The number of phenols is 1. The Bertz CT molecular complexity index is 1080. The van der Waals surface area contributed by atoms with Crippen LogP contribution in [0.1, 0.15) is 40.9 Å². The molecule has 0 saturated heterocycles. The summed E-state index contributed by atoms with van der Waals surface area (Å²) in [4.78, 5) is 4.24. The van der Waals surface area contributed by atoms with Crippen molar-refractivity contribution >= 4 is 21.6 Å². The quantitative estimate of drug-likeness (QED) is 0.608. The Morgan fingerprint density at radius 2 is 2.07 bits per heavy atom. The highest BCUT2D eigenvalue weighted by Gasteiger charge is 2.41. The zero-order valence-electron chi connectivity index (χ0n) is 15.2. The van der Waals surface area contributed by atoms with E-state index in [1.807, 2.05) is 54.5 Å². The van der Waals surface area contributed by atoms with Gasteiger partial charge in [0.05, 0.1) is 11.8 Å². The minimum Gasteiger partial charge on any atom is -0.507 e. The molecule has 140 valence electrons. The predicted octanol–water partition coefficient (Wildman–Crippen LogP) is 5.10. The lowest BCUT2D eigenvalue weighted by molar-refractivity contribution is -0.0192. The fourth-order valence-corrected chi connectivity index (χ4v) is 4.22. The zero-order valence-corrected chi connectivity index (χ0v) is 16.8. The van der Waals surface area contributed by atoms with Gasteiger partial charge in [-0.1, -0.05) is 33.6 Å². The van der Waals surface area contributed by atoms with Crippen LogP contribution in [0.3, 0.4) is 0 Å². The topological polar surface area (TPSA) is 58.0 Å². The van der Waals surface area contributed by atoms with Crippen molar-refractivity contribution in [1.29, 1.82) is 0 Å². The van der Waals surface area contributed by atoms with E-state index in [4.69, 9.17) is 9.84 Å². The van der Waals surface area contributed by atoms with Crippen molar-refractivity contribution in [2.75, 3.05) is 0 Å². The van der Waals surface area contributed by atoms with Crippen LogP contribution in [0.25, 0.3) is 0 Å². The summed E-state index contributed by atoms with van der Waals surface area (Å²) >= 11 is 3.57. The van der Waals surface area contributed by atoms with Crippen LogP contribution in [0.15, 0.2) is 70.5 Å². The summed E-state index contributed by atoms with van der Waals surface area (Å²) in [6.07, 6.45) is 3.89. The van der Waals surface area contributed by atoms with Crippen LogP contribution < -0.4 is 4.74 Å². The largest absolute Gasteiger partial charge is 0.507 e. The van der Waals surface area contributed by atoms with Gasteiger partial charge in [-0.25, -0.2) is 5.01 Å². The molecule has 2 aromatic carbocycles. The summed E-state index contributed by atoms with van der Waals surface area (Å²) in [7, 11) is 0. The third-order valence-electron chi connectivity index (χ3n) is 5.18. The average Bonchev–Trinajstić information content (AvgIpc) is 3.15. The third-order valence-corrected chi connectivity index (χ3v) is 5.68. The number of nitrogens with zero attached hydrogens (tertiary/aromatic N) is 3. The Kier molecular flexibility index (Phi) is 4.09. The number of hydrogen-bond donors (Lipinski definition) is 1. The van der Waals surface area contributed by atoms with Crippen LogP contribution in [0.2, 0.25) is 0 Å². The maximum atomic E-state index is 10.4. The van der Waals surface area contributed by atoms with Gasteiger partial charge in [0.25, 0.3) is 0 Å². The number of hydrogen-bond acceptors (Lipinski definition) is 5. The second-order valence-corrected chi connectivity index (χ2v) is 8.02. The first-order chi connectivity index (χ1) is 13.6. The molecule has 0 saturated carbocycles. The average molecular weight is 436 g/mol. The van der Waals surface area contributed by atoms with Crippen LogP contribution in [0, 0.1) is 6.92 Å². The van der Waals surface area contributed by atoms with Crippen molar-refractivity contribution in [3.63, 3.8) is 0 Å². The molecule has 0 bridgehead atoms. The minimum atomic E-state index is -0.364. The number of aromatic hydroxyl groups is 1. The van der Waals surface area contributed by atoms with E-state index in [-0.39, 0.29) is 18.0 Å². The van der Waals surface area contributed by atoms with Crippen LogP contribution in [0.4, 0.5) is 0 Å². The number of ether oxygens (including phenoxy) is 1. The molecule has 1 aromatic heterocycles. The van der Waals surface area contributed by atoms with Crippen molar-refractivity contribution in [3.8, 4) is 11.5 Å². The standard InChI is InChI=1S/C22H18BrN3O2/c1-13-4-6-20(27)16(9-13)18-11-19-17-10-15(23)5-7-21(17)28-22(26(19)25-18)14-3-2-8-24-12-14/h2-10,12,19,22,27H,11H2,1H3. The minimum absolute atomic E-state index is 0.0290. The number of phenolic OH excluding ortho intramolecular Hbond substituents is 1. The second-order valence-electron chi connectivity index (χ2n) is 7.11. The molecule has 2 aliphatic rings. The van der Waals surface area contributed by atoms with Gasteiger partial charge in [0.1, 0.15) is 11.5 Å². The van der Waals surface area contributed by atoms with Gasteiger partial charge in [-0.2, -0.15) is 5.10 Å². The number of fused-ring (bicyclic) bond motifs is 3. The molecule has 2 aliphatic heterocycles. The van der Waals surface area contributed by atoms with E-state index in [2.05, 4.69) is 27.0 Å². The number of benzene rings is 2. The summed E-state index contributed by atoms with van der Waals surface area (Å²) in [6.45, 7) is 2.01. The first kappa shape index (κ1) is 17.3. The number of aromatic nitrogens is 1. The van der Waals surface area contributed by atoms with Gasteiger partial charge in [0.2, 0.25) is 6.23 Å². The number of pyridine rings is 1. The highest BCUT2D eigenvalue weighted by Crippen LogP contribution is 2.48. The lowest BCUT2D eigenvalue weighted by Crippen LogP contribution is -2.33. The van der Waals surface area contributed by atoms with Crippen molar-refractivity contribution in [1.82, 2.24) is 9.99 Å². The molecule has 0 aliphatic carbocycles. The maximum Gasteiger partial charge on any atom is 0.215 e. The molecule has 28 heavy (non-hydrogen) atoms. The predicted molar refractivity (Wildman–Crippen MR) is 110 cm³/mol. The molecule has 2 atom stereocenters. The molecule has 5 nitrogen and oxygen atoms in total. The molecule has 1 N–H and O–H groups in total. The molecular weight excluding hydrogens is 418 g/mol. The molecule has 0 amide bonds. The SMILES string of the molecule is Cc1ccc(O)c(C2=NN3C(C2)c2cc(Br)ccc2OC3c2cccnc2)c1. The van der Waals surface area contributed by atoms with E-state index in [0.717, 1.165) is 38.2 Å². The molecule has 6 heteroatoms. The number of halogens is 1. The van der Waals surface area contributed by atoms with Gasteiger partial charge in [0.15, 0.2) is 0 Å². The van der Waals surface area contributed by atoms with Gasteiger partial charge in [-0.15, -0.1) is 0 Å².